The first-order valence-electron chi connectivity index (χ1n) is 5.29. The molecule has 2 atom stereocenters. The van der Waals surface area contributed by atoms with Crippen LogP contribution in [0.15, 0.2) is 18.2 Å². The summed E-state index contributed by atoms with van der Waals surface area (Å²) in [7, 11) is 0. The minimum Gasteiger partial charge on any atom is -0.486 e. The lowest BCUT2D eigenvalue weighted by atomic mass is 10.1. The van der Waals surface area contributed by atoms with E-state index in [-0.39, 0.29) is 6.10 Å². The van der Waals surface area contributed by atoms with Crippen LogP contribution in [0.1, 0.15) is 11.1 Å². The van der Waals surface area contributed by atoms with Crippen molar-refractivity contribution in [2.75, 3.05) is 13.1 Å². The van der Waals surface area contributed by atoms with Crippen molar-refractivity contribution in [3.8, 4) is 5.75 Å². The van der Waals surface area contributed by atoms with Crippen LogP contribution in [-0.2, 0) is 0 Å². The SMILES string of the molecule is Cc1ccc(OC2CNCC2O)cc1C. The lowest BCUT2D eigenvalue weighted by molar-refractivity contribution is 0.0737. The molecule has 0 saturated carbocycles. The van der Waals surface area contributed by atoms with Crippen molar-refractivity contribution in [1.82, 2.24) is 5.32 Å². The molecule has 0 radical (unpaired) electrons. The Balaban J connectivity index is 2.07. The van der Waals surface area contributed by atoms with Gasteiger partial charge in [0.25, 0.3) is 0 Å². The maximum absolute atomic E-state index is 9.59. The number of aliphatic hydroxyl groups is 1. The summed E-state index contributed by atoms with van der Waals surface area (Å²) in [5.74, 6) is 0.839. The van der Waals surface area contributed by atoms with Crippen LogP contribution in [0, 0.1) is 13.8 Å². The fourth-order valence-corrected chi connectivity index (χ4v) is 1.72. The first-order chi connectivity index (χ1) is 7.16. The third-order valence-corrected chi connectivity index (χ3v) is 2.89. The summed E-state index contributed by atoms with van der Waals surface area (Å²) in [5, 5.41) is 12.7. The van der Waals surface area contributed by atoms with E-state index in [1.165, 1.54) is 11.1 Å². The Labute approximate surface area is 90.1 Å². The van der Waals surface area contributed by atoms with Crippen molar-refractivity contribution >= 4 is 0 Å². The second-order valence-electron chi connectivity index (χ2n) is 4.13. The Bertz CT molecular complexity index is 351. The maximum atomic E-state index is 9.59. The van der Waals surface area contributed by atoms with Gasteiger partial charge in [0.1, 0.15) is 18.0 Å². The van der Waals surface area contributed by atoms with Gasteiger partial charge in [0.05, 0.1) is 0 Å². The van der Waals surface area contributed by atoms with Gasteiger partial charge in [-0.2, -0.15) is 0 Å². The van der Waals surface area contributed by atoms with Gasteiger partial charge in [-0.25, -0.2) is 0 Å². The quantitative estimate of drug-likeness (QED) is 0.760. The van der Waals surface area contributed by atoms with Gasteiger partial charge in [-0.15, -0.1) is 0 Å². The van der Waals surface area contributed by atoms with E-state index in [1.807, 2.05) is 18.2 Å². The van der Waals surface area contributed by atoms with Crippen LogP contribution in [-0.4, -0.2) is 30.4 Å². The van der Waals surface area contributed by atoms with E-state index >= 15 is 0 Å². The summed E-state index contributed by atoms with van der Waals surface area (Å²) in [6.45, 7) is 5.47. The number of ether oxygens (including phenoxy) is 1. The predicted octanol–water partition coefficient (Wildman–Crippen LogP) is 1.01. The highest BCUT2D eigenvalue weighted by Gasteiger charge is 2.26. The van der Waals surface area contributed by atoms with E-state index in [1.54, 1.807) is 0 Å². The lowest BCUT2D eigenvalue weighted by Gasteiger charge is -2.16. The summed E-state index contributed by atoms with van der Waals surface area (Å²) in [5.41, 5.74) is 2.47. The van der Waals surface area contributed by atoms with Crippen LogP contribution in [0.25, 0.3) is 0 Å². The molecule has 0 spiro atoms. The van der Waals surface area contributed by atoms with Gasteiger partial charge in [-0.1, -0.05) is 6.07 Å². The number of aryl methyl sites for hydroxylation is 2. The number of rotatable bonds is 2. The fraction of sp³-hybridized carbons (Fsp3) is 0.500. The molecule has 1 aromatic rings. The third kappa shape index (κ3) is 2.30. The molecule has 1 aliphatic rings. The van der Waals surface area contributed by atoms with E-state index in [2.05, 4.69) is 19.2 Å². The molecule has 1 fully saturated rings. The van der Waals surface area contributed by atoms with E-state index in [4.69, 9.17) is 4.74 Å². The summed E-state index contributed by atoms with van der Waals surface area (Å²) >= 11 is 0. The van der Waals surface area contributed by atoms with Gasteiger partial charge in [0, 0.05) is 13.1 Å². The molecule has 2 rings (SSSR count). The molecule has 0 aliphatic carbocycles. The number of nitrogens with one attached hydrogen (secondary N) is 1. The average Bonchev–Trinajstić information content (AvgIpc) is 2.59. The first kappa shape index (κ1) is 10.5. The maximum Gasteiger partial charge on any atom is 0.138 e. The van der Waals surface area contributed by atoms with Gasteiger partial charge < -0.3 is 15.2 Å². The Morgan fingerprint density at radius 3 is 2.67 bits per heavy atom. The molecule has 1 saturated heterocycles. The predicted molar refractivity (Wildman–Crippen MR) is 59.2 cm³/mol. The molecule has 0 aromatic heterocycles. The van der Waals surface area contributed by atoms with Crippen LogP contribution in [0.5, 0.6) is 5.75 Å². The summed E-state index contributed by atoms with van der Waals surface area (Å²) in [6, 6.07) is 6.01. The second kappa shape index (κ2) is 4.21. The minimum absolute atomic E-state index is 0.118. The van der Waals surface area contributed by atoms with Crippen molar-refractivity contribution in [3.05, 3.63) is 29.3 Å². The molecule has 82 valence electrons. The molecule has 1 heterocycles. The first-order valence-corrected chi connectivity index (χ1v) is 5.29. The van der Waals surface area contributed by atoms with E-state index in [0.29, 0.717) is 13.1 Å². The van der Waals surface area contributed by atoms with Gasteiger partial charge in [0.15, 0.2) is 0 Å². The van der Waals surface area contributed by atoms with E-state index in [9.17, 15) is 5.11 Å². The monoisotopic (exact) mass is 207 g/mol. The third-order valence-electron chi connectivity index (χ3n) is 2.89. The molecule has 3 nitrogen and oxygen atoms in total. The lowest BCUT2D eigenvalue weighted by Crippen LogP contribution is -2.29. The van der Waals surface area contributed by atoms with Gasteiger partial charge in [-0.3, -0.25) is 0 Å². The number of hydrogen-bond donors (Lipinski definition) is 2. The van der Waals surface area contributed by atoms with Crippen molar-refractivity contribution in [1.29, 1.82) is 0 Å². The van der Waals surface area contributed by atoms with Crippen molar-refractivity contribution < 1.29 is 9.84 Å². The summed E-state index contributed by atoms with van der Waals surface area (Å²) < 4.78 is 5.71. The largest absolute Gasteiger partial charge is 0.486 e. The minimum atomic E-state index is -0.397. The molecular formula is C12H17NO2. The van der Waals surface area contributed by atoms with E-state index < -0.39 is 6.10 Å². The molecule has 2 unspecified atom stereocenters. The number of β-amino-alcohol motifs (C(OH)–C–C–N with tert-alkyl or cyclic N) is 1. The highest BCUT2D eigenvalue weighted by molar-refractivity contribution is 5.34. The van der Waals surface area contributed by atoms with Gasteiger partial charge >= 0.3 is 0 Å². The zero-order valence-corrected chi connectivity index (χ0v) is 9.16. The summed E-state index contributed by atoms with van der Waals surface area (Å²) in [4.78, 5) is 0. The van der Waals surface area contributed by atoms with Gasteiger partial charge in [-0.05, 0) is 37.1 Å². The topological polar surface area (TPSA) is 41.5 Å². The molecule has 15 heavy (non-hydrogen) atoms. The van der Waals surface area contributed by atoms with Crippen molar-refractivity contribution in [2.45, 2.75) is 26.1 Å². The van der Waals surface area contributed by atoms with Crippen LogP contribution >= 0.6 is 0 Å². The molecule has 1 aliphatic heterocycles. The summed E-state index contributed by atoms with van der Waals surface area (Å²) in [6.07, 6.45) is -0.515. The number of hydrogen-bond acceptors (Lipinski definition) is 3. The fourth-order valence-electron chi connectivity index (χ4n) is 1.72. The zero-order valence-electron chi connectivity index (χ0n) is 9.16. The smallest absolute Gasteiger partial charge is 0.138 e. The Morgan fingerprint density at radius 2 is 2.07 bits per heavy atom. The standard InChI is InChI=1S/C12H17NO2/c1-8-3-4-10(5-9(8)2)15-12-7-13-6-11(12)14/h3-5,11-14H,6-7H2,1-2H3. The second-order valence-corrected chi connectivity index (χ2v) is 4.13. The van der Waals surface area contributed by atoms with Crippen LogP contribution in [0.2, 0.25) is 0 Å². The Kier molecular flexibility index (Phi) is 2.93. The highest BCUT2D eigenvalue weighted by Crippen LogP contribution is 2.19. The zero-order chi connectivity index (χ0) is 10.8. The molecule has 3 heteroatoms. The average molecular weight is 207 g/mol. The number of aliphatic hydroxyl groups excluding tert-OH is 1. The Hall–Kier alpha value is -1.06. The van der Waals surface area contributed by atoms with Crippen LogP contribution in [0.4, 0.5) is 0 Å². The molecule has 0 amide bonds. The molecule has 0 bridgehead atoms. The number of benzene rings is 1. The normalized spacial score (nSPS) is 25.5. The van der Waals surface area contributed by atoms with E-state index in [0.717, 1.165) is 5.75 Å². The Morgan fingerprint density at radius 1 is 1.27 bits per heavy atom. The van der Waals surface area contributed by atoms with Crippen LogP contribution < -0.4 is 10.1 Å². The van der Waals surface area contributed by atoms with Crippen molar-refractivity contribution in [3.63, 3.8) is 0 Å². The molecule has 1 aromatic carbocycles. The molecular weight excluding hydrogens is 190 g/mol. The molecule has 2 N–H and O–H groups in total. The van der Waals surface area contributed by atoms with Crippen LogP contribution in [0.3, 0.4) is 0 Å². The highest BCUT2D eigenvalue weighted by atomic mass is 16.5. The van der Waals surface area contributed by atoms with Crippen molar-refractivity contribution in [2.24, 2.45) is 0 Å². The van der Waals surface area contributed by atoms with Gasteiger partial charge in [0.2, 0.25) is 0 Å².